The number of likely N-dealkylation sites (tertiary alicyclic amines) is 1. The Morgan fingerprint density at radius 1 is 1.45 bits per heavy atom. The molecule has 2 atom stereocenters. The lowest BCUT2D eigenvalue weighted by molar-refractivity contribution is -0.131. The van der Waals surface area contributed by atoms with Crippen LogP contribution in [0.3, 0.4) is 0 Å². The number of hydrogen-bond donors (Lipinski definition) is 2. The van der Waals surface area contributed by atoms with Gasteiger partial charge >= 0.3 is 5.69 Å². The van der Waals surface area contributed by atoms with Crippen molar-refractivity contribution in [3.63, 3.8) is 0 Å². The molecule has 3 N–H and O–H groups in total. The predicted molar refractivity (Wildman–Crippen MR) is 74.3 cm³/mol. The van der Waals surface area contributed by atoms with Crippen molar-refractivity contribution >= 4 is 5.91 Å². The van der Waals surface area contributed by atoms with Gasteiger partial charge in [0.25, 0.3) is 5.56 Å². The molecule has 1 fully saturated rings. The predicted octanol–water partition coefficient (Wildman–Crippen LogP) is -0.878. The average Bonchev–Trinajstić information content (AvgIpc) is 2.75. The number of rotatable bonds is 4. The summed E-state index contributed by atoms with van der Waals surface area (Å²) in [5.41, 5.74) is 4.99. The molecule has 0 bridgehead atoms. The standard InChI is InChI=1S/C13H20N4O3/c1-2-3-9-6-17(7-10(9)14)12(19)8-16-5-4-11(18)15-13(16)20/h4-5,9-10H,2-3,6-8,14H2,1H3,(H,15,18,20)/t9-,10-/m1/s1. The van der Waals surface area contributed by atoms with Crippen molar-refractivity contribution in [1.82, 2.24) is 14.5 Å². The van der Waals surface area contributed by atoms with Gasteiger partial charge in [0, 0.05) is 31.4 Å². The van der Waals surface area contributed by atoms with Gasteiger partial charge in [-0.15, -0.1) is 0 Å². The summed E-state index contributed by atoms with van der Waals surface area (Å²) in [7, 11) is 0. The van der Waals surface area contributed by atoms with Crippen LogP contribution in [0, 0.1) is 5.92 Å². The van der Waals surface area contributed by atoms with Crippen LogP contribution < -0.4 is 17.0 Å². The minimum absolute atomic E-state index is 0.00574. The first-order valence-electron chi connectivity index (χ1n) is 6.84. The van der Waals surface area contributed by atoms with Crippen LogP contribution in [0.15, 0.2) is 21.9 Å². The number of H-pyrrole nitrogens is 1. The van der Waals surface area contributed by atoms with Crippen molar-refractivity contribution in [2.24, 2.45) is 11.7 Å². The van der Waals surface area contributed by atoms with E-state index in [1.807, 2.05) is 0 Å². The first kappa shape index (κ1) is 14.5. The van der Waals surface area contributed by atoms with Crippen molar-refractivity contribution in [3.8, 4) is 0 Å². The molecule has 0 aliphatic carbocycles. The van der Waals surface area contributed by atoms with E-state index in [1.54, 1.807) is 4.90 Å². The van der Waals surface area contributed by atoms with Crippen molar-refractivity contribution < 1.29 is 4.79 Å². The summed E-state index contributed by atoms with van der Waals surface area (Å²) in [6.45, 7) is 3.20. The van der Waals surface area contributed by atoms with Crippen LogP contribution in [0.5, 0.6) is 0 Å². The molecule has 1 saturated heterocycles. The van der Waals surface area contributed by atoms with Gasteiger partial charge in [-0.1, -0.05) is 13.3 Å². The largest absolute Gasteiger partial charge is 0.339 e. The van der Waals surface area contributed by atoms with Gasteiger partial charge in [0.1, 0.15) is 6.54 Å². The quantitative estimate of drug-likeness (QED) is 0.748. The molecule has 0 aromatic carbocycles. The minimum atomic E-state index is -0.570. The summed E-state index contributed by atoms with van der Waals surface area (Å²) >= 11 is 0. The van der Waals surface area contributed by atoms with Gasteiger partial charge in [0.15, 0.2) is 0 Å². The number of carbonyl (C=O) groups excluding carboxylic acids is 1. The van der Waals surface area contributed by atoms with E-state index in [0.29, 0.717) is 19.0 Å². The number of amides is 1. The second-order valence-corrected chi connectivity index (χ2v) is 5.25. The highest BCUT2D eigenvalue weighted by atomic mass is 16.2. The molecule has 1 aliphatic rings. The molecule has 2 heterocycles. The van der Waals surface area contributed by atoms with Gasteiger partial charge in [-0.2, -0.15) is 0 Å². The Kier molecular flexibility index (Phi) is 4.39. The summed E-state index contributed by atoms with van der Waals surface area (Å²) < 4.78 is 1.20. The summed E-state index contributed by atoms with van der Waals surface area (Å²) in [6.07, 6.45) is 3.38. The van der Waals surface area contributed by atoms with Gasteiger partial charge in [-0.05, 0) is 12.3 Å². The number of aromatic nitrogens is 2. The van der Waals surface area contributed by atoms with Gasteiger partial charge in [-0.3, -0.25) is 19.1 Å². The molecule has 7 nitrogen and oxygen atoms in total. The smallest absolute Gasteiger partial charge is 0.328 e. The number of nitrogens with zero attached hydrogens (tertiary/aromatic N) is 2. The lowest BCUT2D eigenvalue weighted by Crippen LogP contribution is -2.38. The lowest BCUT2D eigenvalue weighted by atomic mass is 9.99. The molecule has 1 aliphatic heterocycles. The van der Waals surface area contributed by atoms with Gasteiger partial charge < -0.3 is 10.6 Å². The maximum Gasteiger partial charge on any atom is 0.328 e. The maximum absolute atomic E-state index is 12.2. The van der Waals surface area contributed by atoms with Gasteiger partial charge in [-0.25, -0.2) is 4.79 Å². The van der Waals surface area contributed by atoms with Crippen LogP contribution in [0.4, 0.5) is 0 Å². The van der Waals surface area contributed by atoms with E-state index < -0.39 is 11.2 Å². The van der Waals surface area contributed by atoms with Crippen molar-refractivity contribution in [2.45, 2.75) is 32.4 Å². The average molecular weight is 280 g/mol. The molecule has 1 amide bonds. The molecular weight excluding hydrogens is 260 g/mol. The second kappa shape index (κ2) is 6.04. The van der Waals surface area contributed by atoms with E-state index in [4.69, 9.17) is 5.73 Å². The summed E-state index contributed by atoms with van der Waals surface area (Å²) in [6, 6.07) is 1.23. The monoisotopic (exact) mass is 280 g/mol. The van der Waals surface area contributed by atoms with Crippen molar-refractivity contribution in [3.05, 3.63) is 33.1 Å². The number of nitrogens with two attached hydrogens (primary N) is 1. The SMILES string of the molecule is CCC[C@@H]1CN(C(=O)Cn2ccc(=O)[nH]c2=O)C[C@H]1N. The lowest BCUT2D eigenvalue weighted by Gasteiger charge is -2.16. The molecule has 20 heavy (non-hydrogen) atoms. The highest BCUT2D eigenvalue weighted by Crippen LogP contribution is 2.20. The van der Waals surface area contributed by atoms with E-state index >= 15 is 0 Å². The van der Waals surface area contributed by atoms with Gasteiger partial charge in [0.05, 0.1) is 0 Å². The number of nitrogens with one attached hydrogen (secondary N) is 1. The Hall–Kier alpha value is -1.89. The third-order valence-corrected chi connectivity index (χ3v) is 3.71. The molecule has 1 aromatic rings. The molecule has 0 radical (unpaired) electrons. The highest BCUT2D eigenvalue weighted by Gasteiger charge is 2.32. The summed E-state index contributed by atoms with van der Waals surface area (Å²) in [5, 5.41) is 0. The topological polar surface area (TPSA) is 101 Å². The van der Waals surface area contributed by atoms with E-state index in [0.717, 1.165) is 12.8 Å². The van der Waals surface area contributed by atoms with Crippen LogP contribution in [0.2, 0.25) is 0 Å². The Morgan fingerprint density at radius 3 is 2.85 bits per heavy atom. The number of hydrogen-bond acceptors (Lipinski definition) is 4. The first-order chi connectivity index (χ1) is 9.51. The van der Waals surface area contributed by atoms with Crippen LogP contribution >= 0.6 is 0 Å². The molecule has 2 rings (SSSR count). The Labute approximate surface area is 116 Å². The summed E-state index contributed by atoms with van der Waals surface area (Å²) in [5.74, 6) is 0.185. The van der Waals surface area contributed by atoms with E-state index in [2.05, 4.69) is 11.9 Å². The third-order valence-electron chi connectivity index (χ3n) is 3.71. The normalized spacial score (nSPS) is 22.2. The molecule has 0 spiro atoms. The molecule has 0 saturated carbocycles. The fraction of sp³-hybridized carbons (Fsp3) is 0.615. The van der Waals surface area contributed by atoms with Crippen LogP contribution in [0.1, 0.15) is 19.8 Å². The van der Waals surface area contributed by atoms with Crippen LogP contribution in [-0.2, 0) is 11.3 Å². The highest BCUT2D eigenvalue weighted by molar-refractivity contribution is 5.76. The molecular formula is C13H20N4O3. The zero-order valence-corrected chi connectivity index (χ0v) is 11.5. The fourth-order valence-electron chi connectivity index (χ4n) is 2.59. The number of carbonyl (C=O) groups is 1. The fourth-order valence-corrected chi connectivity index (χ4v) is 2.59. The Bertz CT molecular complexity index is 592. The third kappa shape index (κ3) is 3.16. The first-order valence-corrected chi connectivity index (χ1v) is 6.84. The zero-order valence-electron chi connectivity index (χ0n) is 11.5. The number of aromatic amines is 1. The van der Waals surface area contributed by atoms with Crippen LogP contribution in [-0.4, -0.2) is 39.5 Å². The van der Waals surface area contributed by atoms with Crippen molar-refractivity contribution in [2.75, 3.05) is 13.1 Å². The van der Waals surface area contributed by atoms with E-state index in [-0.39, 0.29) is 18.5 Å². The van der Waals surface area contributed by atoms with E-state index in [9.17, 15) is 14.4 Å². The van der Waals surface area contributed by atoms with Crippen LogP contribution in [0.25, 0.3) is 0 Å². The Balaban J connectivity index is 2.02. The van der Waals surface area contributed by atoms with E-state index in [1.165, 1.54) is 16.8 Å². The molecule has 7 heteroatoms. The minimum Gasteiger partial charge on any atom is -0.339 e. The van der Waals surface area contributed by atoms with Crippen molar-refractivity contribution in [1.29, 1.82) is 0 Å². The Morgan fingerprint density at radius 2 is 2.20 bits per heavy atom. The molecule has 110 valence electrons. The molecule has 0 unspecified atom stereocenters. The molecule has 1 aromatic heterocycles. The maximum atomic E-state index is 12.2. The summed E-state index contributed by atoms with van der Waals surface area (Å²) in [4.78, 5) is 38.5. The second-order valence-electron chi connectivity index (χ2n) is 5.25. The zero-order chi connectivity index (χ0) is 14.7. The van der Waals surface area contributed by atoms with Gasteiger partial charge in [0.2, 0.25) is 5.91 Å².